The molecule has 0 N–H and O–H groups in total. The zero-order valence-electron chi connectivity index (χ0n) is 14.6. The van der Waals surface area contributed by atoms with Crippen LogP contribution in [0, 0.1) is 5.82 Å². The predicted octanol–water partition coefficient (Wildman–Crippen LogP) is 5.24. The number of hydrogen-bond donors (Lipinski definition) is 0. The highest BCUT2D eigenvalue weighted by molar-refractivity contribution is 7.10. The first-order valence-electron chi connectivity index (χ1n) is 8.89. The number of nitrogens with zero attached hydrogens (tertiary/aromatic N) is 1. The van der Waals surface area contributed by atoms with Gasteiger partial charge in [0.1, 0.15) is 5.82 Å². The average Bonchev–Trinajstić information content (AvgIpc) is 3.16. The van der Waals surface area contributed by atoms with Gasteiger partial charge in [-0.15, -0.1) is 11.3 Å². The second-order valence-electron chi connectivity index (χ2n) is 6.55. The fourth-order valence-corrected chi connectivity index (χ4v) is 4.49. The van der Waals surface area contributed by atoms with Crippen molar-refractivity contribution in [3.05, 3.63) is 92.9 Å². The lowest BCUT2D eigenvalue weighted by Crippen LogP contribution is -2.40. The minimum absolute atomic E-state index is 0.0267. The van der Waals surface area contributed by atoms with Crippen molar-refractivity contribution in [2.75, 3.05) is 6.54 Å². The van der Waals surface area contributed by atoms with Gasteiger partial charge in [0.15, 0.2) is 0 Å². The molecule has 0 saturated carbocycles. The summed E-state index contributed by atoms with van der Waals surface area (Å²) >= 11 is 1.73. The number of hydrogen-bond acceptors (Lipinski definition) is 2. The third-order valence-electron chi connectivity index (χ3n) is 5.02. The fourth-order valence-electron chi connectivity index (χ4n) is 3.59. The van der Waals surface area contributed by atoms with Gasteiger partial charge in [0, 0.05) is 17.0 Å². The summed E-state index contributed by atoms with van der Waals surface area (Å²) in [4.78, 5) is 16.5. The van der Waals surface area contributed by atoms with Crippen molar-refractivity contribution >= 4 is 17.2 Å². The van der Waals surface area contributed by atoms with E-state index in [-0.39, 0.29) is 17.8 Å². The van der Waals surface area contributed by atoms with Gasteiger partial charge in [-0.1, -0.05) is 31.2 Å². The van der Waals surface area contributed by atoms with E-state index in [0.29, 0.717) is 12.1 Å². The van der Waals surface area contributed by atoms with Crippen LogP contribution in [0.25, 0.3) is 0 Å². The molecule has 0 spiro atoms. The molecule has 1 amide bonds. The number of fused-ring (bicyclic) bond motifs is 1. The Morgan fingerprint density at radius 1 is 1.12 bits per heavy atom. The van der Waals surface area contributed by atoms with Crippen LogP contribution in [0.2, 0.25) is 0 Å². The Morgan fingerprint density at radius 2 is 1.85 bits per heavy atom. The number of benzene rings is 2. The molecule has 1 aromatic heterocycles. The maximum atomic E-state index is 13.4. The maximum absolute atomic E-state index is 13.4. The van der Waals surface area contributed by atoms with E-state index in [1.807, 2.05) is 29.2 Å². The first-order chi connectivity index (χ1) is 12.7. The fraction of sp³-hybridized carbons (Fsp3) is 0.227. The summed E-state index contributed by atoms with van der Waals surface area (Å²) in [6, 6.07) is 16.3. The molecular formula is C22H20FNOS. The molecule has 132 valence electrons. The maximum Gasteiger partial charge on any atom is 0.254 e. The molecule has 3 aromatic rings. The van der Waals surface area contributed by atoms with Crippen LogP contribution in [-0.4, -0.2) is 17.4 Å². The molecule has 0 unspecified atom stereocenters. The lowest BCUT2D eigenvalue weighted by atomic mass is 9.92. The molecular weight excluding hydrogens is 345 g/mol. The van der Waals surface area contributed by atoms with Crippen molar-refractivity contribution in [3.63, 3.8) is 0 Å². The van der Waals surface area contributed by atoms with Gasteiger partial charge in [-0.3, -0.25) is 4.79 Å². The first-order valence-corrected chi connectivity index (χ1v) is 9.77. The number of thiophene rings is 1. The molecule has 2 aromatic carbocycles. The van der Waals surface area contributed by atoms with E-state index in [2.05, 4.69) is 18.4 Å². The van der Waals surface area contributed by atoms with Crippen molar-refractivity contribution in [2.24, 2.45) is 0 Å². The summed E-state index contributed by atoms with van der Waals surface area (Å²) in [6.45, 7) is 2.77. The van der Waals surface area contributed by atoms with Gasteiger partial charge in [-0.05, 0) is 65.2 Å². The van der Waals surface area contributed by atoms with Crippen LogP contribution in [0.5, 0.6) is 0 Å². The summed E-state index contributed by atoms with van der Waals surface area (Å²) in [5.74, 6) is -0.234. The number of carbonyl (C=O) groups excluding carboxylic acids is 1. The van der Waals surface area contributed by atoms with Crippen LogP contribution in [0.15, 0.2) is 60.0 Å². The van der Waals surface area contributed by atoms with Crippen LogP contribution < -0.4 is 0 Å². The Morgan fingerprint density at radius 3 is 2.54 bits per heavy atom. The Labute approximate surface area is 156 Å². The Balaban J connectivity index is 1.73. The summed E-state index contributed by atoms with van der Waals surface area (Å²) in [6.07, 6.45) is 1.82. The molecule has 2 heterocycles. The molecule has 1 aliphatic heterocycles. The number of carbonyl (C=O) groups is 1. The molecule has 0 aliphatic carbocycles. The molecule has 4 rings (SSSR count). The van der Waals surface area contributed by atoms with Gasteiger partial charge < -0.3 is 4.90 Å². The molecule has 1 atom stereocenters. The molecule has 26 heavy (non-hydrogen) atoms. The lowest BCUT2D eigenvalue weighted by molar-refractivity contribution is 0.0696. The minimum Gasteiger partial charge on any atom is -0.327 e. The van der Waals surface area contributed by atoms with Crippen molar-refractivity contribution in [1.29, 1.82) is 0 Å². The predicted molar refractivity (Wildman–Crippen MR) is 103 cm³/mol. The Bertz CT molecular complexity index is 914. The molecule has 0 bridgehead atoms. The Kier molecular flexibility index (Phi) is 4.60. The van der Waals surface area contributed by atoms with Gasteiger partial charge in [0.2, 0.25) is 0 Å². The SMILES string of the molecule is CCc1ccc(C(=O)N2CCc3sccc3[C@H]2c2ccc(F)cc2)cc1. The van der Waals surface area contributed by atoms with E-state index in [1.54, 1.807) is 23.5 Å². The zero-order chi connectivity index (χ0) is 18.1. The zero-order valence-corrected chi connectivity index (χ0v) is 15.4. The van der Waals surface area contributed by atoms with Crippen molar-refractivity contribution < 1.29 is 9.18 Å². The molecule has 1 aliphatic rings. The van der Waals surface area contributed by atoms with E-state index >= 15 is 0 Å². The molecule has 0 fully saturated rings. The highest BCUT2D eigenvalue weighted by Crippen LogP contribution is 2.38. The second-order valence-corrected chi connectivity index (χ2v) is 7.55. The highest BCUT2D eigenvalue weighted by Gasteiger charge is 2.33. The van der Waals surface area contributed by atoms with Gasteiger partial charge in [0.05, 0.1) is 6.04 Å². The summed E-state index contributed by atoms with van der Waals surface area (Å²) < 4.78 is 13.4. The summed E-state index contributed by atoms with van der Waals surface area (Å²) in [7, 11) is 0. The third kappa shape index (κ3) is 3.06. The normalized spacial score (nSPS) is 16.4. The van der Waals surface area contributed by atoms with E-state index < -0.39 is 0 Å². The highest BCUT2D eigenvalue weighted by atomic mass is 32.1. The smallest absolute Gasteiger partial charge is 0.254 e. The van der Waals surface area contributed by atoms with E-state index in [4.69, 9.17) is 0 Å². The summed E-state index contributed by atoms with van der Waals surface area (Å²) in [5, 5.41) is 2.07. The largest absolute Gasteiger partial charge is 0.327 e. The van der Waals surface area contributed by atoms with E-state index in [9.17, 15) is 9.18 Å². The van der Waals surface area contributed by atoms with E-state index in [0.717, 1.165) is 24.0 Å². The quantitative estimate of drug-likeness (QED) is 0.622. The monoisotopic (exact) mass is 365 g/mol. The van der Waals surface area contributed by atoms with Crippen molar-refractivity contribution in [2.45, 2.75) is 25.8 Å². The number of halogens is 1. The lowest BCUT2D eigenvalue weighted by Gasteiger charge is -2.36. The van der Waals surface area contributed by atoms with Crippen molar-refractivity contribution in [1.82, 2.24) is 4.90 Å². The van der Waals surface area contributed by atoms with Gasteiger partial charge in [0.25, 0.3) is 5.91 Å². The van der Waals surface area contributed by atoms with Gasteiger partial charge in [-0.2, -0.15) is 0 Å². The number of aryl methyl sites for hydroxylation is 1. The summed E-state index contributed by atoms with van der Waals surface area (Å²) in [5.41, 5.74) is 4.03. The van der Waals surface area contributed by atoms with E-state index in [1.165, 1.54) is 22.6 Å². The molecule has 4 heteroatoms. The molecule has 0 saturated heterocycles. The minimum atomic E-state index is -0.261. The topological polar surface area (TPSA) is 20.3 Å². The number of rotatable bonds is 3. The van der Waals surface area contributed by atoms with Crippen LogP contribution >= 0.6 is 11.3 Å². The van der Waals surface area contributed by atoms with Crippen LogP contribution in [0.3, 0.4) is 0 Å². The molecule has 0 radical (unpaired) electrons. The second kappa shape index (κ2) is 7.04. The Hall–Kier alpha value is -2.46. The van der Waals surface area contributed by atoms with Crippen LogP contribution in [0.4, 0.5) is 4.39 Å². The average molecular weight is 365 g/mol. The van der Waals surface area contributed by atoms with Crippen LogP contribution in [0.1, 0.15) is 44.9 Å². The van der Waals surface area contributed by atoms with Crippen LogP contribution in [-0.2, 0) is 12.8 Å². The van der Waals surface area contributed by atoms with Gasteiger partial charge >= 0.3 is 0 Å². The first kappa shape index (κ1) is 17.0. The number of amides is 1. The standard InChI is InChI=1S/C22H20FNOS/c1-2-15-3-5-17(6-4-15)22(25)24-13-11-20-19(12-14-26-20)21(24)16-7-9-18(23)10-8-16/h3-10,12,14,21H,2,11,13H2,1H3/t21-/m1/s1. The third-order valence-corrected chi connectivity index (χ3v) is 6.02. The molecule has 2 nitrogen and oxygen atoms in total. The van der Waals surface area contributed by atoms with Crippen molar-refractivity contribution in [3.8, 4) is 0 Å². The van der Waals surface area contributed by atoms with Gasteiger partial charge in [-0.25, -0.2) is 4.39 Å².